The molecule has 1 aromatic carbocycles. The third-order valence-electron chi connectivity index (χ3n) is 2.88. The molecule has 0 unspecified atom stereocenters. The molecule has 1 fully saturated rings. The summed E-state index contributed by atoms with van der Waals surface area (Å²) in [5.41, 5.74) is 1.00. The number of ether oxygens (including phenoxy) is 3. The predicted molar refractivity (Wildman–Crippen MR) is 65.9 cm³/mol. The van der Waals surface area contributed by atoms with Crippen molar-refractivity contribution in [2.75, 3.05) is 7.11 Å². The van der Waals surface area contributed by atoms with Crippen LogP contribution in [0.1, 0.15) is 5.56 Å². The number of rotatable bonds is 5. The zero-order valence-corrected chi connectivity index (χ0v) is 10.2. The van der Waals surface area contributed by atoms with E-state index in [9.17, 15) is 4.79 Å². The Kier molecular flexibility index (Phi) is 4.12. The summed E-state index contributed by atoms with van der Waals surface area (Å²) in [4.78, 5) is 11.7. The largest absolute Gasteiger partial charge is 0.453 e. The number of hydrogen-bond donors (Lipinski definition) is 0. The lowest BCUT2D eigenvalue weighted by molar-refractivity contribution is -0.150. The summed E-state index contributed by atoms with van der Waals surface area (Å²) in [5.74, 6) is -0.400. The van der Waals surface area contributed by atoms with Crippen molar-refractivity contribution in [1.29, 1.82) is 0 Å². The first-order valence-corrected chi connectivity index (χ1v) is 5.77. The third kappa shape index (κ3) is 2.60. The van der Waals surface area contributed by atoms with Crippen LogP contribution < -0.4 is 0 Å². The van der Waals surface area contributed by atoms with Crippen molar-refractivity contribution in [1.82, 2.24) is 0 Å². The molecule has 0 radical (unpaired) electrons. The summed E-state index contributed by atoms with van der Waals surface area (Å²) in [6.45, 7) is 3.97. The van der Waals surface area contributed by atoms with E-state index in [4.69, 9.17) is 14.2 Å². The maximum absolute atomic E-state index is 11.7. The van der Waals surface area contributed by atoms with Gasteiger partial charge in [0.05, 0.1) is 6.61 Å². The Morgan fingerprint density at radius 1 is 1.39 bits per heavy atom. The summed E-state index contributed by atoms with van der Waals surface area (Å²) in [7, 11) is 1.53. The van der Waals surface area contributed by atoms with Gasteiger partial charge in [0.2, 0.25) is 0 Å². The molecule has 2 rings (SSSR count). The molecule has 3 atom stereocenters. The van der Waals surface area contributed by atoms with Gasteiger partial charge in [-0.25, -0.2) is 4.79 Å². The second-order valence-electron chi connectivity index (χ2n) is 4.05. The van der Waals surface area contributed by atoms with Gasteiger partial charge in [-0.05, 0) is 11.6 Å². The maximum atomic E-state index is 11.7. The van der Waals surface area contributed by atoms with Crippen LogP contribution in [0.3, 0.4) is 0 Å². The molecule has 4 heteroatoms. The molecule has 0 N–H and O–H groups in total. The highest BCUT2D eigenvalue weighted by Gasteiger charge is 2.44. The molecule has 0 aromatic heterocycles. The van der Waals surface area contributed by atoms with Crippen molar-refractivity contribution in [3.63, 3.8) is 0 Å². The van der Waals surface area contributed by atoms with Crippen molar-refractivity contribution in [2.24, 2.45) is 0 Å². The Bertz CT molecular complexity index is 415. The van der Waals surface area contributed by atoms with E-state index in [1.165, 1.54) is 7.11 Å². The van der Waals surface area contributed by atoms with Crippen molar-refractivity contribution in [2.45, 2.75) is 24.9 Å². The zero-order valence-electron chi connectivity index (χ0n) is 10.2. The first kappa shape index (κ1) is 12.8. The van der Waals surface area contributed by atoms with Crippen LogP contribution in [-0.4, -0.2) is 31.4 Å². The van der Waals surface area contributed by atoms with E-state index < -0.39 is 24.3 Å². The molecule has 1 aliphatic heterocycles. The van der Waals surface area contributed by atoms with Crippen LogP contribution in [-0.2, 0) is 25.6 Å². The number of cyclic esters (lactones) is 1. The average Bonchev–Trinajstić information content (AvgIpc) is 2.73. The van der Waals surface area contributed by atoms with Gasteiger partial charge in [-0.3, -0.25) is 0 Å². The van der Waals surface area contributed by atoms with Gasteiger partial charge in [0, 0.05) is 7.11 Å². The van der Waals surface area contributed by atoms with E-state index in [2.05, 4.69) is 6.58 Å². The molecular weight excluding hydrogens is 232 g/mol. The molecule has 0 aliphatic carbocycles. The second-order valence-corrected chi connectivity index (χ2v) is 4.05. The van der Waals surface area contributed by atoms with Gasteiger partial charge in [0.15, 0.2) is 6.10 Å². The molecule has 1 heterocycles. The SMILES string of the molecule is C=C[C@H]1OC(=O)[C@H](OCc2ccccc2)[C@H]1OC. The van der Waals surface area contributed by atoms with Gasteiger partial charge in [-0.15, -0.1) is 0 Å². The first-order chi connectivity index (χ1) is 8.76. The van der Waals surface area contributed by atoms with Gasteiger partial charge in [0.1, 0.15) is 12.2 Å². The van der Waals surface area contributed by atoms with Gasteiger partial charge in [0.25, 0.3) is 0 Å². The lowest BCUT2D eigenvalue weighted by atomic mass is 10.1. The molecule has 1 aliphatic rings. The Labute approximate surface area is 106 Å². The normalized spacial score (nSPS) is 26.9. The standard InChI is InChI=1S/C14H16O4/c1-3-11-12(16-2)13(14(15)18-11)17-9-10-7-5-4-6-8-10/h3-8,11-13H,1,9H2,2H3/t11-,12+,13-/m1/s1. The van der Waals surface area contributed by atoms with E-state index in [1.54, 1.807) is 6.08 Å². The van der Waals surface area contributed by atoms with E-state index in [-0.39, 0.29) is 0 Å². The predicted octanol–water partition coefficient (Wildman–Crippen LogP) is 1.70. The maximum Gasteiger partial charge on any atom is 0.338 e. The Balaban J connectivity index is 1.99. The van der Waals surface area contributed by atoms with Gasteiger partial charge in [-0.2, -0.15) is 0 Å². The van der Waals surface area contributed by atoms with Crippen LogP contribution in [0.25, 0.3) is 0 Å². The number of benzene rings is 1. The van der Waals surface area contributed by atoms with Crippen LogP contribution in [0.15, 0.2) is 43.0 Å². The van der Waals surface area contributed by atoms with Gasteiger partial charge in [-0.1, -0.05) is 36.9 Å². The smallest absolute Gasteiger partial charge is 0.338 e. The minimum Gasteiger partial charge on any atom is -0.453 e. The number of esters is 1. The fourth-order valence-electron chi connectivity index (χ4n) is 1.94. The van der Waals surface area contributed by atoms with Crippen LogP contribution in [0.4, 0.5) is 0 Å². The average molecular weight is 248 g/mol. The Morgan fingerprint density at radius 3 is 2.72 bits per heavy atom. The van der Waals surface area contributed by atoms with Gasteiger partial charge < -0.3 is 14.2 Å². The Morgan fingerprint density at radius 2 is 2.11 bits per heavy atom. The summed E-state index contributed by atoms with van der Waals surface area (Å²) in [6, 6.07) is 9.65. The molecular formula is C14H16O4. The van der Waals surface area contributed by atoms with E-state index in [0.29, 0.717) is 6.61 Å². The molecule has 96 valence electrons. The molecule has 0 amide bonds. The number of carbonyl (C=O) groups is 1. The molecule has 1 saturated heterocycles. The van der Waals surface area contributed by atoms with Crippen molar-refractivity contribution < 1.29 is 19.0 Å². The van der Waals surface area contributed by atoms with Crippen molar-refractivity contribution in [3.8, 4) is 0 Å². The summed E-state index contributed by atoms with van der Waals surface area (Å²) in [6.07, 6.45) is -0.0158. The molecule has 18 heavy (non-hydrogen) atoms. The van der Waals surface area contributed by atoms with E-state index in [1.807, 2.05) is 30.3 Å². The monoisotopic (exact) mass is 248 g/mol. The van der Waals surface area contributed by atoms with E-state index in [0.717, 1.165) is 5.56 Å². The zero-order chi connectivity index (χ0) is 13.0. The highest BCUT2D eigenvalue weighted by molar-refractivity contribution is 5.78. The number of hydrogen-bond acceptors (Lipinski definition) is 4. The lowest BCUT2D eigenvalue weighted by Gasteiger charge is -2.17. The van der Waals surface area contributed by atoms with Crippen LogP contribution in [0.5, 0.6) is 0 Å². The quantitative estimate of drug-likeness (QED) is 0.587. The van der Waals surface area contributed by atoms with Gasteiger partial charge >= 0.3 is 5.97 Å². The fourth-order valence-corrected chi connectivity index (χ4v) is 1.94. The molecule has 1 aromatic rings. The van der Waals surface area contributed by atoms with Crippen LogP contribution >= 0.6 is 0 Å². The number of methoxy groups -OCH3 is 1. The summed E-state index contributed by atoms with van der Waals surface area (Å²) in [5, 5.41) is 0. The Hall–Kier alpha value is -1.65. The first-order valence-electron chi connectivity index (χ1n) is 5.77. The highest BCUT2D eigenvalue weighted by Crippen LogP contribution is 2.23. The van der Waals surface area contributed by atoms with E-state index >= 15 is 0 Å². The van der Waals surface area contributed by atoms with Crippen molar-refractivity contribution >= 4 is 5.97 Å². The number of carbonyl (C=O) groups excluding carboxylic acids is 1. The minimum atomic E-state index is -0.696. The fraction of sp³-hybridized carbons (Fsp3) is 0.357. The van der Waals surface area contributed by atoms with Crippen LogP contribution in [0, 0.1) is 0 Å². The summed E-state index contributed by atoms with van der Waals surface area (Å²) < 4.78 is 15.9. The highest BCUT2D eigenvalue weighted by atomic mass is 16.6. The topological polar surface area (TPSA) is 44.8 Å². The van der Waals surface area contributed by atoms with Crippen LogP contribution in [0.2, 0.25) is 0 Å². The molecule has 4 nitrogen and oxygen atoms in total. The third-order valence-corrected chi connectivity index (χ3v) is 2.88. The second kappa shape index (κ2) is 5.80. The molecule has 0 saturated carbocycles. The molecule has 0 bridgehead atoms. The summed E-state index contributed by atoms with van der Waals surface area (Å²) >= 11 is 0. The molecule has 0 spiro atoms. The van der Waals surface area contributed by atoms with Crippen molar-refractivity contribution in [3.05, 3.63) is 48.6 Å². The lowest BCUT2D eigenvalue weighted by Crippen LogP contribution is -2.34. The minimum absolute atomic E-state index is 0.352.